The van der Waals surface area contributed by atoms with Crippen LogP contribution < -0.4 is 5.32 Å². The molecule has 0 unspecified atom stereocenters. The third-order valence-corrected chi connectivity index (χ3v) is 3.76. The number of rotatable bonds is 14. The summed E-state index contributed by atoms with van der Waals surface area (Å²) in [5.74, 6) is 0. The van der Waals surface area contributed by atoms with Crippen LogP contribution in [0.1, 0.15) is 79.1 Å². The highest BCUT2D eigenvalue weighted by Gasteiger charge is 2.02. The van der Waals surface area contributed by atoms with Crippen LogP contribution in [0.15, 0.2) is 0 Å². The SMILES string of the molecule is CCCCCCCCCCN(CC)CCNC(C)C. The monoisotopic (exact) mass is 270 g/mol. The number of nitrogens with one attached hydrogen (secondary N) is 1. The number of likely N-dealkylation sites (N-methyl/N-ethyl adjacent to an activating group) is 1. The highest BCUT2D eigenvalue weighted by molar-refractivity contribution is 4.60. The van der Waals surface area contributed by atoms with Gasteiger partial charge in [0.2, 0.25) is 0 Å². The first-order valence-electron chi connectivity index (χ1n) is 8.66. The molecule has 0 fully saturated rings. The molecular weight excluding hydrogens is 232 g/mol. The average molecular weight is 271 g/mol. The van der Waals surface area contributed by atoms with E-state index in [9.17, 15) is 0 Å². The van der Waals surface area contributed by atoms with E-state index in [4.69, 9.17) is 0 Å². The van der Waals surface area contributed by atoms with Crippen LogP contribution in [0.5, 0.6) is 0 Å². The van der Waals surface area contributed by atoms with Crippen molar-refractivity contribution >= 4 is 0 Å². The first-order valence-corrected chi connectivity index (χ1v) is 8.66. The van der Waals surface area contributed by atoms with Gasteiger partial charge in [-0.1, -0.05) is 72.6 Å². The molecule has 0 spiro atoms. The summed E-state index contributed by atoms with van der Waals surface area (Å²) >= 11 is 0. The minimum absolute atomic E-state index is 0.613. The zero-order chi connectivity index (χ0) is 14.3. The van der Waals surface area contributed by atoms with Crippen molar-refractivity contribution in [2.75, 3.05) is 26.2 Å². The molecule has 0 aromatic carbocycles. The minimum Gasteiger partial charge on any atom is -0.313 e. The Bertz CT molecular complexity index is 169. The van der Waals surface area contributed by atoms with E-state index in [0.29, 0.717) is 6.04 Å². The summed E-state index contributed by atoms with van der Waals surface area (Å²) in [6.07, 6.45) is 11.3. The fourth-order valence-corrected chi connectivity index (χ4v) is 2.41. The Balaban J connectivity index is 3.31. The molecule has 0 rings (SSSR count). The van der Waals surface area contributed by atoms with E-state index in [1.165, 1.54) is 71.0 Å². The molecule has 0 bridgehead atoms. The van der Waals surface area contributed by atoms with E-state index in [0.717, 1.165) is 6.54 Å². The predicted molar refractivity (Wildman–Crippen MR) is 87.9 cm³/mol. The van der Waals surface area contributed by atoms with Crippen molar-refractivity contribution in [2.45, 2.75) is 85.1 Å². The first kappa shape index (κ1) is 18.9. The highest BCUT2D eigenvalue weighted by atomic mass is 15.1. The van der Waals surface area contributed by atoms with Crippen molar-refractivity contribution in [1.82, 2.24) is 10.2 Å². The second-order valence-electron chi connectivity index (χ2n) is 6.02. The maximum atomic E-state index is 3.50. The summed E-state index contributed by atoms with van der Waals surface area (Å²) in [5.41, 5.74) is 0. The third-order valence-electron chi connectivity index (χ3n) is 3.76. The van der Waals surface area contributed by atoms with Gasteiger partial charge < -0.3 is 10.2 Å². The fourth-order valence-electron chi connectivity index (χ4n) is 2.41. The molecule has 0 aliphatic heterocycles. The summed E-state index contributed by atoms with van der Waals surface area (Å²) in [7, 11) is 0. The Morgan fingerprint density at radius 1 is 0.789 bits per heavy atom. The Hall–Kier alpha value is -0.0800. The molecule has 1 N–H and O–H groups in total. The molecule has 0 amide bonds. The highest BCUT2D eigenvalue weighted by Crippen LogP contribution is 2.08. The number of hydrogen-bond acceptors (Lipinski definition) is 2. The predicted octanol–water partition coefficient (Wildman–Crippen LogP) is 4.45. The van der Waals surface area contributed by atoms with E-state index < -0.39 is 0 Å². The van der Waals surface area contributed by atoms with Gasteiger partial charge in [0.1, 0.15) is 0 Å². The van der Waals surface area contributed by atoms with Gasteiger partial charge in [-0.3, -0.25) is 0 Å². The average Bonchev–Trinajstić information content (AvgIpc) is 2.39. The van der Waals surface area contributed by atoms with Crippen LogP contribution in [0.2, 0.25) is 0 Å². The van der Waals surface area contributed by atoms with Gasteiger partial charge in [0.25, 0.3) is 0 Å². The van der Waals surface area contributed by atoms with Crippen molar-refractivity contribution in [3.8, 4) is 0 Å². The van der Waals surface area contributed by atoms with Gasteiger partial charge in [0.05, 0.1) is 0 Å². The van der Waals surface area contributed by atoms with E-state index in [1.807, 2.05) is 0 Å². The second-order valence-corrected chi connectivity index (χ2v) is 6.02. The van der Waals surface area contributed by atoms with Gasteiger partial charge in [0, 0.05) is 19.1 Å². The normalized spacial score (nSPS) is 11.7. The molecule has 0 aliphatic carbocycles. The van der Waals surface area contributed by atoms with Gasteiger partial charge in [-0.15, -0.1) is 0 Å². The second kappa shape index (κ2) is 14.3. The number of nitrogens with zero attached hydrogens (tertiary/aromatic N) is 1. The molecule has 0 radical (unpaired) electrons. The van der Waals surface area contributed by atoms with E-state index in [1.54, 1.807) is 0 Å². The van der Waals surface area contributed by atoms with Crippen molar-refractivity contribution in [2.24, 2.45) is 0 Å². The Morgan fingerprint density at radius 3 is 1.89 bits per heavy atom. The molecule has 0 aromatic heterocycles. The van der Waals surface area contributed by atoms with Gasteiger partial charge in [0.15, 0.2) is 0 Å². The summed E-state index contributed by atoms with van der Waals surface area (Å²) in [5, 5.41) is 3.50. The lowest BCUT2D eigenvalue weighted by Crippen LogP contribution is -2.35. The zero-order valence-corrected chi connectivity index (χ0v) is 14.0. The Labute approximate surface area is 122 Å². The number of hydrogen-bond donors (Lipinski definition) is 1. The van der Waals surface area contributed by atoms with E-state index in [-0.39, 0.29) is 0 Å². The lowest BCUT2D eigenvalue weighted by Gasteiger charge is -2.21. The van der Waals surface area contributed by atoms with Crippen molar-refractivity contribution < 1.29 is 0 Å². The van der Waals surface area contributed by atoms with Crippen LogP contribution in [-0.4, -0.2) is 37.1 Å². The summed E-state index contributed by atoms with van der Waals surface area (Å²) in [6, 6.07) is 0.613. The zero-order valence-electron chi connectivity index (χ0n) is 14.0. The minimum atomic E-state index is 0.613. The van der Waals surface area contributed by atoms with Crippen molar-refractivity contribution in [3.05, 3.63) is 0 Å². The molecular formula is C17H38N2. The molecule has 0 saturated heterocycles. The molecule has 0 atom stereocenters. The topological polar surface area (TPSA) is 15.3 Å². The summed E-state index contributed by atoms with van der Waals surface area (Å²) in [4.78, 5) is 2.58. The Morgan fingerprint density at radius 2 is 1.37 bits per heavy atom. The Kier molecular flexibility index (Phi) is 14.3. The van der Waals surface area contributed by atoms with Gasteiger partial charge in [-0.2, -0.15) is 0 Å². The molecule has 116 valence electrons. The quantitative estimate of drug-likeness (QED) is 0.469. The number of unbranched alkanes of at least 4 members (excludes halogenated alkanes) is 7. The van der Waals surface area contributed by atoms with E-state index >= 15 is 0 Å². The van der Waals surface area contributed by atoms with Gasteiger partial charge >= 0.3 is 0 Å². The lowest BCUT2D eigenvalue weighted by molar-refractivity contribution is 0.277. The van der Waals surface area contributed by atoms with Crippen molar-refractivity contribution in [3.63, 3.8) is 0 Å². The first-order chi connectivity index (χ1) is 9.20. The molecule has 0 heterocycles. The molecule has 0 saturated carbocycles. The fraction of sp³-hybridized carbons (Fsp3) is 1.00. The van der Waals surface area contributed by atoms with E-state index in [2.05, 4.69) is 37.9 Å². The molecule has 0 aliphatic rings. The van der Waals surface area contributed by atoms with Gasteiger partial charge in [-0.25, -0.2) is 0 Å². The van der Waals surface area contributed by atoms with Crippen LogP contribution in [0.3, 0.4) is 0 Å². The van der Waals surface area contributed by atoms with Crippen LogP contribution in [0.25, 0.3) is 0 Å². The molecule has 19 heavy (non-hydrogen) atoms. The largest absolute Gasteiger partial charge is 0.313 e. The van der Waals surface area contributed by atoms with Crippen LogP contribution >= 0.6 is 0 Å². The third kappa shape index (κ3) is 14.1. The summed E-state index contributed by atoms with van der Waals surface area (Å²) < 4.78 is 0. The van der Waals surface area contributed by atoms with Crippen LogP contribution in [0.4, 0.5) is 0 Å². The van der Waals surface area contributed by atoms with Gasteiger partial charge in [-0.05, 0) is 19.5 Å². The molecule has 2 heteroatoms. The maximum absolute atomic E-state index is 3.50. The molecule has 0 aromatic rings. The molecule has 2 nitrogen and oxygen atoms in total. The van der Waals surface area contributed by atoms with Crippen molar-refractivity contribution in [1.29, 1.82) is 0 Å². The van der Waals surface area contributed by atoms with Crippen LogP contribution in [0, 0.1) is 0 Å². The van der Waals surface area contributed by atoms with Crippen LogP contribution in [-0.2, 0) is 0 Å². The standard InChI is InChI=1S/C17H38N2/c1-5-7-8-9-10-11-12-13-15-19(6-2)16-14-18-17(3)4/h17-18H,5-16H2,1-4H3. The maximum Gasteiger partial charge on any atom is 0.0107 e. The smallest absolute Gasteiger partial charge is 0.0107 e. The summed E-state index contributed by atoms with van der Waals surface area (Å²) in [6.45, 7) is 13.8. The lowest BCUT2D eigenvalue weighted by atomic mass is 10.1.